The highest BCUT2D eigenvalue weighted by atomic mass is 32.1. The summed E-state index contributed by atoms with van der Waals surface area (Å²) in [5, 5.41) is 10.7. The Hall–Kier alpha value is -1.56. The fourth-order valence-corrected chi connectivity index (χ4v) is 1.69. The topological polar surface area (TPSA) is 59.8 Å². The number of aromatic nitrogens is 3. The molecule has 5 nitrogen and oxygen atoms in total. The molecule has 0 aliphatic heterocycles. The van der Waals surface area contributed by atoms with Crippen LogP contribution in [-0.2, 0) is 17.1 Å². The molecule has 0 bridgehead atoms. The van der Waals surface area contributed by atoms with Gasteiger partial charge in [-0.2, -0.15) is 12.6 Å². The second kappa shape index (κ2) is 5.67. The Labute approximate surface area is 105 Å². The van der Waals surface area contributed by atoms with Gasteiger partial charge < -0.3 is 5.32 Å². The van der Waals surface area contributed by atoms with Crippen LogP contribution in [0.1, 0.15) is 12.1 Å². The smallest absolute Gasteiger partial charge is 0.247 e. The Morgan fingerprint density at radius 2 is 2.47 bits per heavy atom. The summed E-state index contributed by atoms with van der Waals surface area (Å²) >= 11 is 4.08. The number of amides is 1. The van der Waals surface area contributed by atoms with E-state index >= 15 is 0 Å². The summed E-state index contributed by atoms with van der Waals surface area (Å²) < 4.78 is 1.64. The van der Waals surface area contributed by atoms with Crippen molar-refractivity contribution in [1.82, 2.24) is 20.3 Å². The van der Waals surface area contributed by atoms with Crippen LogP contribution in [-0.4, -0.2) is 27.4 Å². The van der Waals surface area contributed by atoms with Gasteiger partial charge in [0.2, 0.25) is 5.91 Å². The van der Waals surface area contributed by atoms with Crippen LogP contribution in [0.4, 0.5) is 0 Å². The average Bonchev–Trinajstić information content (AvgIpc) is 3.00. The number of thiol groups is 1. The molecule has 1 aromatic heterocycles. The van der Waals surface area contributed by atoms with Gasteiger partial charge in [-0.15, -0.1) is 5.10 Å². The first-order valence-electron chi connectivity index (χ1n) is 5.43. The molecule has 1 aliphatic carbocycles. The zero-order chi connectivity index (χ0) is 12.1. The lowest BCUT2D eigenvalue weighted by molar-refractivity contribution is -0.117. The van der Waals surface area contributed by atoms with Crippen LogP contribution in [0.15, 0.2) is 30.0 Å². The van der Waals surface area contributed by atoms with E-state index in [0.29, 0.717) is 18.8 Å². The molecular weight excluding hydrogens is 236 g/mol. The molecule has 17 heavy (non-hydrogen) atoms. The lowest BCUT2D eigenvalue weighted by Gasteiger charge is -2.03. The van der Waals surface area contributed by atoms with Crippen molar-refractivity contribution in [2.45, 2.75) is 18.7 Å². The predicted octanol–water partition coefficient (Wildman–Crippen LogP) is 0.710. The van der Waals surface area contributed by atoms with Crippen LogP contribution in [0.25, 0.3) is 0 Å². The number of rotatable bonds is 5. The van der Waals surface area contributed by atoms with Crippen LogP contribution >= 0.6 is 12.6 Å². The minimum atomic E-state index is -0.00316. The maximum Gasteiger partial charge on any atom is 0.247 e. The predicted molar refractivity (Wildman–Crippen MR) is 67.6 cm³/mol. The first-order chi connectivity index (χ1) is 8.29. The SMILES string of the molecule is O=C(NCCc1cn(CS)nn1)C1=CC=CC1. The summed E-state index contributed by atoms with van der Waals surface area (Å²) in [6, 6.07) is 0. The molecule has 0 saturated heterocycles. The fraction of sp³-hybridized carbons (Fsp3) is 0.364. The molecule has 1 aromatic rings. The van der Waals surface area contributed by atoms with Gasteiger partial charge in [0, 0.05) is 24.7 Å². The van der Waals surface area contributed by atoms with Gasteiger partial charge in [0.25, 0.3) is 0 Å². The Bertz CT molecular complexity index is 464. The van der Waals surface area contributed by atoms with Crippen LogP contribution in [0, 0.1) is 0 Å². The van der Waals surface area contributed by atoms with Gasteiger partial charge in [-0.1, -0.05) is 23.4 Å². The maximum absolute atomic E-state index is 11.6. The number of hydrogen-bond donors (Lipinski definition) is 2. The quantitative estimate of drug-likeness (QED) is 0.757. The van der Waals surface area contributed by atoms with Crippen molar-refractivity contribution in [3.8, 4) is 0 Å². The minimum Gasteiger partial charge on any atom is -0.352 e. The Morgan fingerprint density at radius 1 is 1.59 bits per heavy atom. The van der Waals surface area contributed by atoms with Crippen LogP contribution in [0.3, 0.4) is 0 Å². The highest BCUT2D eigenvalue weighted by Crippen LogP contribution is 2.09. The van der Waals surface area contributed by atoms with Crippen molar-refractivity contribution in [2.24, 2.45) is 0 Å². The molecule has 90 valence electrons. The van der Waals surface area contributed by atoms with Gasteiger partial charge in [-0.05, 0) is 6.42 Å². The third-order valence-corrected chi connectivity index (χ3v) is 2.75. The van der Waals surface area contributed by atoms with Gasteiger partial charge in [0.1, 0.15) is 0 Å². The lowest BCUT2D eigenvalue weighted by Crippen LogP contribution is -2.26. The highest BCUT2D eigenvalue weighted by molar-refractivity contribution is 7.79. The molecular formula is C11H14N4OS. The first kappa shape index (κ1) is 11.9. The van der Waals surface area contributed by atoms with Crippen molar-refractivity contribution in [3.63, 3.8) is 0 Å². The molecule has 2 rings (SSSR count). The summed E-state index contributed by atoms with van der Waals surface area (Å²) in [4.78, 5) is 11.6. The number of carbonyl (C=O) groups is 1. The second-order valence-corrected chi connectivity index (χ2v) is 4.00. The zero-order valence-electron chi connectivity index (χ0n) is 9.33. The van der Waals surface area contributed by atoms with Crippen molar-refractivity contribution >= 4 is 18.5 Å². The standard InChI is InChI=1S/C11H14N4OS/c16-11(9-3-1-2-4-9)12-6-5-10-7-15(8-17)14-13-10/h1-3,7,17H,4-6,8H2,(H,12,16). The van der Waals surface area contributed by atoms with Crippen molar-refractivity contribution in [1.29, 1.82) is 0 Å². The Balaban J connectivity index is 1.74. The molecule has 6 heteroatoms. The van der Waals surface area contributed by atoms with Crippen molar-refractivity contribution in [2.75, 3.05) is 6.54 Å². The summed E-state index contributed by atoms with van der Waals surface area (Å²) in [6.07, 6.45) is 8.93. The Kier molecular flexibility index (Phi) is 3.98. The van der Waals surface area contributed by atoms with E-state index in [-0.39, 0.29) is 5.91 Å². The molecule has 1 N–H and O–H groups in total. The fourth-order valence-electron chi connectivity index (χ4n) is 1.56. The van der Waals surface area contributed by atoms with Crippen molar-refractivity contribution in [3.05, 3.63) is 35.7 Å². The van der Waals surface area contributed by atoms with Gasteiger partial charge in [0.05, 0.1) is 11.6 Å². The number of carbonyl (C=O) groups excluding carboxylic acids is 1. The number of nitrogens with one attached hydrogen (secondary N) is 1. The molecule has 0 unspecified atom stereocenters. The minimum absolute atomic E-state index is 0.00316. The first-order valence-corrected chi connectivity index (χ1v) is 6.06. The van der Waals surface area contributed by atoms with Crippen LogP contribution in [0.2, 0.25) is 0 Å². The molecule has 0 spiro atoms. The van der Waals surface area contributed by atoms with Gasteiger partial charge in [-0.3, -0.25) is 4.79 Å². The molecule has 1 heterocycles. The van der Waals surface area contributed by atoms with E-state index in [1.165, 1.54) is 0 Å². The maximum atomic E-state index is 11.6. The molecule has 0 atom stereocenters. The number of nitrogens with zero attached hydrogens (tertiary/aromatic N) is 3. The third-order valence-electron chi connectivity index (χ3n) is 2.46. The largest absolute Gasteiger partial charge is 0.352 e. The van der Waals surface area contributed by atoms with E-state index in [0.717, 1.165) is 17.7 Å². The Morgan fingerprint density at radius 3 is 3.12 bits per heavy atom. The van der Waals surface area contributed by atoms with Crippen molar-refractivity contribution < 1.29 is 4.79 Å². The molecule has 0 aromatic carbocycles. The molecule has 0 fully saturated rings. The van der Waals surface area contributed by atoms with E-state index in [4.69, 9.17) is 0 Å². The summed E-state index contributed by atoms with van der Waals surface area (Å²) in [7, 11) is 0. The monoisotopic (exact) mass is 250 g/mol. The molecule has 0 radical (unpaired) electrons. The average molecular weight is 250 g/mol. The lowest BCUT2D eigenvalue weighted by atomic mass is 10.2. The summed E-state index contributed by atoms with van der Waals surface area (Å²) in [5.41, 5.74) is 1.67. The second-order valence-electron chi connectivity index (χ2n) is 3.72. The van der Waals surface area contributed by atoms with E-state index in [1.54, 1.807) is 4.68 Å². The molecule has 1 amide bonds. The highest BCUT2D eigenvalue weighted by Gasteiger charge is 2.09. The number of hydrogen-bond acceptors (Lipinski definition) is 4. The van der Waals surface area contributed by atoms with E-state index in [9.17, 15) is 4.79 Å². The molecule has 0 saturated carbocycles. The van der Waals surface area contributed by atoms with E-state index in [1.807, 2.05) is 24.4 Å². The molecule has 1 aliphatic rings. The van der Waals surface area contributed by atoms with E-state index in [2.05, 4.69) is 28.3 Å². The van der Waals surface area contributed by atoms with Crippen LogP contribution in [0.5, 0.6) is 0 Å². The van der Waals surface area contributed by atoms with Gasteiger partial charge >= 0.3 is 0 Å². The van der Waals surface area contributed by atoms with Gasteiger partial charge in [-0.25, -0.2) is 4.68 Å². The van der Waals surface area contributed by atoms with Crippen LogP contribution < -0.4 is 5.32 Å². The number of allylic oxidation sites excluding steroid dienone is 3. The normalized spacial score (nSPS) is 13.8. The van der Waals surface area contributed by atoms with Gasteiger partial charge in [0.15, 0.2) is 0 Å². The van der Waals surface area contributed by atoms with E-state index < -0.39 is 0 Å². The third kappa shape index (κ3) is 3.20. The zero-order valence-corrected chi connectivity index (χ0v) is 10.2. The summed E-state index contributed by atoms with van der Waals surface area (Å²) in [6.45, 7) is 0.571. The summed E-state index contributed by atoms with van der Waals surface area (Å²) in [5.74, 6) is 0.509.